The number of likely N-dealkylation sites (N-methyl/N-ethyl adjacent to an activating group) is 1. The van der Waals surface area contributed by atoms with Gasteiger partial charge in [0.2, 0.25) is 5.91 Å². The molecule has 0 N–H and O–H groups in total. The zero-order chi connectivity index (χ0) is 22.7. The Hall–Kier alpha value is -2.53. The highest BCUT2D eigenvalue weighted by atomic mass is 16.5. The molecule has 4 rings (SSSR count). The number of aryl methyl sites for hydroxylation is 1. The molecule has 0 aromatic heterocycles. The first-order chi connectivity index (χ1) is 15.4. The Labute approximate surface area is 193 Å². The Morgan fingerprint density at radius 1 is 1.03 bits per heavy atom. The zero-order valence-electron chi connectivity index (χ0n) is 20.0. The van der Waals surface area contributed by atoms with E-state index >= 15 is 0 Å². The van der Waals surface area contributed by atoms with Crippen molar-refractivity contribution in [1.29, 1.82) is 0 Å². The van der Waals surface area contributed by atoms with Crippen LogP contribution < -0.4 is 9.64 Å². The summed E-state index contributed by atoms with van der Waals surface area (Å²) >= 11 is 0. The number of piperidine rings is 1. The Morgan fingerprint density at radius 3 is 2.31 bits per heavy atom. The summed E-state index contributed by atoms with van der Waals surface area (Å²) < 4.78 is 5.81. The number of likely N-dealkylation sites (tertiary alicyclic amines) is 1. The molecule has 1 unspecified atom stereocenters. The summed E-state index contributed by atoms with van der Waals surface area (Å²) in [5, 5.41) is 0. The van der Waals surface area contributed by atoms with E-state index in [2.05, 4.69) is 55.1 Å². The molecule has 32 heavy (non-hydrogen) atoms. The highest BCUT2D eigenvalue weighted by Gasteiger charge is 2.58. The zero-order valence-corrected chi connectivity index (χ0v) is 20.0. The Kier molecular flexibility index (Phi) is 6.75. The fourth-order valence-corrected chi connectivity index (χ4v) is 4.87. The number of amides is 1. The van der Waals surface area contributed by atoms with Crippen molar-refractivity contribution in [3.8, 4) is 5.75 Å². The van der Waals surface area contributed by atoms with E-state index in [0.29, 0.717) is 19.1 Å². The van der Waals surface area contributed by atoms with Crippen molar-refractivity contribution in [3.63, 3.8) is 0 Å². The Bertz CT molecular complexity index is 900. The van der Waals surface area contributed by atoms with Crippen LogP contribution in [0.2, 0.25) is 0 Å². The summed E-state index contributed by atoms with van der Waals surface area (Å²) in [6.45, 7) is 6.39. The third-order valence-corrected chi connectivity index (χ3v) is 7.29. The molecule has 0 radical (unpaired) electrons. The largest absolute Gasteiger partial charge is 0.492 e. The molecule has 1 saturated heterocycles. The first-order valence-corrected chi connectivity index (χ1v) is 11.8. The molecule has 1 saturated carbocycles. The van der Waals surface area contributed by atoms with E-state index in [9.17, 15) is 4.79 Å². The van der Waals surface area contributed by atoms with E-state index in [-0.39, 0.29) is 11.3 Å². The smallest absolute Gasteiger partial charge is 0.226 e. The lowest BCUT2D eigenvalue weighted by Crippen LogP contribution is -2.38. The predicted octanol–water partition coefficient (Wildman–Crippen LogP) is 4.20. The van der Waals surface area contributed by atoms with Gasteiger partial charge in [0.05, 0.1) is 6.54 Å². The number of hydrogen-bond acceptors (Lipinski definition) is 4. The minimum absolute atomic E-state index is 0.202. The van der Waals surface area contributed by atoms with Crippen LogP contribution in [0.4, 0.5) is 5.69 Å². The van der Waals surface area contributed by atoms with Gasteiger partial charge in [0.15, 0.2) is 0 Å². The van der Waals surface area contributed by atoms with Gasteiger partial charge in [0, 0.05) is 39.3 Å². The van der Waals surface area contributed by atoms with E-state index in [0.717, 1.165) is 44.6 Å². The second-order valence-electron chi connectivity index (χ2n) is 9.88. The quantitative estimate of drug-likeness (QED) is 0.623. The number of carbonyl (C=O) groups is 1. The van der Waals surface area contributed by atoms with Crippen molar-refractivity contribution in [1.82, 2.24) is 9.80 Å². The van der Waals surface area contributed by atoms with Crippen molar-refractivity contribution in [3.05, 3.63) is 59.7 Å². The summed E-state index contributed by atoms with van der Waals surface area (Å²) in [6, 6.07) is 16.9. The minimum atomic E-state index is 0.202. The van der Waals surface area contributed by atoms with E-state index in [4.69, 9.17) is 4.74 Å². The molecule has 2 fully saturated rings. The van der Waals surface area contributed by atoms with E-state index in [1.54, 1.807) is 0 Å². The second-order valence-corrected chi connectivity index (χ2v) is 9.88. The van der Waals surface area contributed by atoms with Gasteiger partial charge < -0.3 is 14.5 Å². The Morgan fingerprint density at radius 2 is 1.69 bits per heavy atom. The lowest BCUT2D eigenvalue weighted by molar-refractivity contribution is -0.132. The van der Waals surface area contributed by atoms with E-state index < -0.39 is 0 Å². The van der Waals surface area contributed by atoms with Crippen molar-refractivity contribution in [2.75, 3.05) is 52.3 Å². The topological polar surface area (TPSA) is 36.0 Å². The molecule has 1 spiro atoms. The lowest BCUT2D eigenvalue weighted by Gasteiger charge is -2.33. The third-order valence-electron chi connectivity index (χ3n) is 7.29. The van der Waals surface area contributed by atoms with Crippen LogP contribution in [0.25, 0.3) is 0 Å². The normalized spacial score (nSPS) is 19.6. The molecule has 1 aliphatic heterocycles. The number of anilines is 1. The van der Waals surface area contributed by atoms with E-state index in [1.807, 2.05) is 36.2 Å². The molecular weight excluding hydrogens is 398 g/mol. The van der Waals surface area contributed by atoms with Crippen molar-refractivity contribution < 1.29 is 9.53 Å². The van der Waals surface area contributed by atoms with Gasteiger partial charge in [-0.3, -0.25) is 9.69 Å². The molecule has 1 aliphatic carbocycles. The number of nitrogens with zero attached hydrogens (tertiary/aromatic N) is 3. The molecule has 1 amide bonds. The maximum atomic E-state index is 13.0. The van der Waals surface area contributed by atoms with Crippen LogP contribution >= 0.6 is 0 Å². The monoisotopic (exact) mass is 435 g/mol. The number of benzene rings is 2. The van der Waals surface area contributed by atoms with Gasteiger partial charge in [-0.25, -0.2) is 0 Å². The summed E-state index contributed by atoms with van der Waals surface area (Å²) in [5.74, 6) is 1.36. The molecule has 1 atom stereocenters. The van der Waals surface area contributed by atoms with Crippen molar-refractivity contribution in [2.24, 2.45) is 11.3 Å². The number of hydrogen-bond donors (Lipinski definition) is 0. The maximum absolute atomic E-state index is 13.0. The summed E-state index contributed by atoms with van der Waals surface area (Å²) in [5.41, 5.74) is 4.06. The fourth-order valence-electron chi connectivity index (χ4n) is 4.87. The standard InChI is InChI=1S/C27H37N3O2/c1-21-5-11-24(12-6-21)32-18-17-29(4)26(31)25-19-27(25)13-15-30(16-14-27)20-22-7-9-23(10-8-22)28(2)3/h5-12,25H,13-20H2,1-4H3. The average molecular weight is 436 g/mol. The van der Waals surface area contributed by atoms with Gasteiger partial charge in [-0.2, -0.15) is 0 Å². The van der Waals surface area contributed by atoms with Gasteiger partial charge in [0.1, 0.15) is 12.4 Å². The van der Waals surface area contributed by atoms with Gasteiger partial charge in [0.25, 0.3) is 0 Å². The van der Waals surface area contributed by atoms with E-state index in [1.165, 1.54) is 16.8 Å². The molecular formula is C27H37N3O2. The maximum Gasteiger partial charge on any atom is 0.226 e. The second kappa shape index (κ2) is 9.53. The minimum Gasteiger partial charge on any atom is -0.492 e. The Balaban J connectivity index is 1.20. The molecule has 5 nitrogen and oxygen atoms in total. The van der Waals surface area contributed by atoms with Crippen LogP contribution in [0.5, 0.6) is 5.75 Å². The lowest BCUT2D eigenvalue weighted by atomic mass is 9.90. The van der Waals surface area contributed by atoms with Gasteiger partial charge in [-0.15, -0.1) is 0 Å². The van der Waals surface area contributed by atoms with Crippen LogP contribution in [0.15, 0.2) is 48.5 Å². The molecule has 172 valence electrons. The summed E-state index contributed by atoms with van der Waals surface area (Å²) in [7, 11) is 6.06. The van der Waals surface area contributed by atoms with Gasteiger partial charge in [-0.1, -0.05) is 29.8 Å². The number of rotatable bonds is 8. The first kappa shape index (κ1) is 22.7. The predicted molar refractivity (Wildman–Crippen MR) is 130 cm³/mol. The van der Waals surface area contributed by atoms with Crippen LogP contribution in [-0.4, -0.2) is 63.1 Å². The number of carbonyl (C=O) groups excluding carboxylic acids is 1. The highest BCUT2D eigenvalue weighted by Crippen LogP contribution is 2.60. The van der Waals surface area contributed by atoms with Gasteiger partial charge >= 0.3 is 0 Å². The fraction of sp³-hybridized carbons (Fsp3) is 0.519. The van der Waals surface area contributed by atoms with Gasteiger partial charge in [-0.05, 0) is 74.5 Å². The summed E-state index contributed by atoms with van der Waals surface area (Å²) in [6.07, 6.45) is 3.32. The molecule has 0 bridgehead atoms. The average Bonchev–Trinajstić information content (AvgIpc) is 3.50. The molecule has 5 heteroatoms. The van der Waals surface area contributed by atoms with Crippen LogP contribution in [0, 0.1) is 18.3 Å². The summed E-state index contributed by atoms with van der Waals surface area (Å²) in [4.78, 5) is 19.5. The molecule has 2 aliphatic rings. The molecule has 2 aromatic carbocycles. The highest BCUT2D eigenvalue weighted by molar-refractivity contribution is 5.82. The first-order valence-electron chi connectivity index (χ1n) is 11.8. The third kappa shape index (κ3) is 5.26. The van der Waals surface area contributed by atoms with Crippen molar-refractivity contribution in [2.45, 2.75) is 32.7 Å². The molecule has 1 heterocycles. The SMILES string of the molecule is Cc1ccc(OCCN(C)C(=O)C2CC23CCN(Cc2ccc(N(C)C)cc2)CC3)cc1. The van der Waals surface area contributed by atoms with Crippen molar-refractivity contribution >= 4 is 11.6 Å². The van der Waals surface area contributed by atoms with Crippen LogP contribution in [0.3, 0.4) is 0 Å². The van der Waals surface area contributed by atoms with Crippen LogP contribution in [0.1, 0.15) is 30.4 Å². The molecule has 2 aromatic rings. The number of ether oxygens (including phenoxy) is 1. The van der Waals surface area contributed by atoms with Crippen LogP contribution in [-0.2, 0) is 11.3 Å².